The number of hydrogen-bond donors (Lipinski definition) is 1. The van der Waals surface area contributed by atoms with E-state index in [1.807, 2.05) is 12.4 Å². The van der Waals surface area contributed by atoms with Crippen LogP contribution in [-0.4, -0.2) is 39.7 Å². The van der Waals surface area contributed by atoms with Crippen LogP contribution in [0.15, 0.2) is 85.2 Å². The molecule has 4 heteroatoms. The second kappa shape index (κ2) is 9.82. The molecule has 1 fully saturated rings. The van der Waals surface area contributed by atoms with Crippen LogP contribution in [0.1, 0.15) is 30.4 Å². The highest BCUT2D eigenvalue weighted by Gasteiger charge is 2.34. The summed E-state index contributed by atoms with van der Waals surface area (Å²) in [5.74, 6) is 0.766. The fraction of sp³-hybridized carbons (Fsp3) is 0.310. The predicted octanol–water partition coefficient (Wildman–Crippen LogP) is 5.50. The number of aryl methyl sites for hydroxylation is 1. The van der Waals surface area contributed by atoms with E-state index in [0.717, 1.165) is 62.3 Å². The summed E-state index contributed by atoms with van der Waals surface area (Å²) in [6, 6.07) is 25.2. The fourth-order valence-electron chi connectivity index (χ4n) is 5.17. The van der Waals surface area contributed by atoms with E-state index in [9.17, 15) is 5.11 Å². The Hall–Kier alpha value is -3.08. The first-order valence-electron chi connectivity index (χ1n) is 11.9. The molecule has 1 aromatic heterocycles. The molecule has 5 rings (SSSR count). The molecule has 33 heavy (non-hydrogen) atoms. The van der Waals surface area contributed by atoms with E-state index in [0.29, 0.717) is 0 Å². The number of aliphatic hydroxyl groups is 1. The zero-order valence-electron chi connectivity index (χ0n) is 19.0. The van der Waals surface area contributed by atoms with E-state index in [2.05, 4.69) is 77.7 Å². The normalized spacial score (nSPS) is 19.1. The molecule has 1 aliphatic rings. The van der Waals surface area contributed by atoms with Crippen LogP contribution in [0.4, 0.5) is 0 Å². The number of aromatic nitrogens is 2. The first kappa shape index (κ1) is 21.7. The summed E-state index contributed by atoms with van der Waals surface area (Å²) in [7, 11) is 0. The van der Waals surface area contributed by atoms with Crippen molar-refractivity contribution < 1.29 is 5.11 Å². The number of rotatable bonds is 7. The Morgan fingerprint density at radius 3 is 2.42 bits per heavy atom. The molecule has 0 aliphatic carbocycles. The van der Waals surface area contributed by atoms with Crippen molar-refractivity contribution in [2.75, 3.05) is 19.7 Å². The average molecular weight is 438 g/mol. The van der Waals surface area contributed by atoms with E-state index in [4.69, 9.17) is 9.97 Å². The van der Waals surface area contributed by atoms with Gasteiger partial charge in [0.2, 0.25) is 0 Å². The highest BCUT2D eigenvalue weighted by atomic mass is 16.3. The quantitative estimate of drug-likeness (QED) is 0.414. The smallest absolute Gasteiger partial charge is 0.159 e. The standard InChI is InChI=1S/C29H31N3O/c33-22-29(16-14-23-8-2-1-3-9-23)15-7-17-32(21-29)20-24-18-30-28(31-19-24)27-13-6-11-25-10-4-5-12-26(25)27/h1-6,8-13,18-19,33H,7,14-17,20-22H2/t29-/m0/s1. The topological polar surface area (TPSA) is 49.2 Å². The minimum Gasteiger partial charge on any atom is -0.396 e. The number of hydrogen-bond acceptors (Lipinski definition) is 4. The molecule has 4 aromatic rings. The maximum Gasteiger partial charge on any atom is 0.159 e. The van der Waals surface area contributed by atoms with Crippen LogP contribution in [0, 0.1) is 5.41 Å². The molecule has 0 amide bonds. The maximum absolute atomic E-state index is 10.3. The van der Waals surface area contributed by atoms with Gasteiger partial charge < -0.3 is 5.11 Å². The molecule has 0 saturated carbocycles. The summed E-state index contributed by atoms with van der Waals surface area (Å²) >= 11 is 0. The van der Waals surface area contributed by atoms with Crippen LogP contribution in [-0.2, 0) is 13.0 Å². The van der Waals surface area contributed by atoms with Gasteiger partial charge in [0.15, 0.2) is 5.82 Å². The van der Waals surface area contributed by atoms with Crippen molar-refractivity contribution in [2.45, 2.75) is 32.2 Å². The molecule has 1 atom stereocenters. The molecule has 2 heterocycles. The van der Waals surface area contributed by atoms with Gasteiger partial charge in [-0.3, -0.25) is 4.90 Å². The Morgan fingerprint density at radius 1 is 0.848 bits per heavy atom. The van der Waals surface area contributed by atoms with Crippen molar-refractivity contribution in [3.63, 3.8) is 0 Å². The lowest BCUT2D eigenvalue weighted by Gasteiger charge is -2.42. The summed E-state index contributed by atoms with van der Waals surface area (Å²) in [6.07, 6.45) is 8.15. The van der Waals surface area contributed by atoms with Crippen molar-refractivity contribution in [1.29, 1.82) is 0 Å². The van der Waals surface area contributed by atoms with Crippen LogP contribution in [0.25, 0.3) is 22.2 Å². The predicted molar refractivity (Wildman–Crippen MR) is 134 cm³/mol. The first-order valence-corrected chi connectivity index (χ1v) is 11.9. The summed E-state index contributed by atoms with van der Waals surface area (Å²) in [5.41, 5.74) is 3.51. The second-order valence-corrected chi connectivity index (χ2v) is 9.40. The van der Waals surface area contributed by atoms with Crippen molar-refractivity contribution in [3.8, 4) is 11.4 Å². The molecule has 1 saturated heterocycles. The van der Waals surface area contributed by atoms with E-state index < -0.39 is 0 Å². The van der Waals surface area contributed by atoms with Crippen molar-refractivity contribution in [2.24, 2.45) is 5.41 Å². The Bertz CT molecular complexity index is 1190. The molecule has 1 aliphatic heterocycles. The zero-order valence-corrected chi connectivity index (χ0v) is 19.0. The van der Waals surface area contributed by atoms with Gasteiger partial charge in [-0.15, -0.1) is 0 Å². The lowest BCUT2D eigenvalue weighted by molar-refractivity contribution is 0.0223. The number of nitrogens with zero attached hydrogens (tertiary/aromatic N) is 3. The lowest BCUT2D eigenvalue weighted by Crippen LogP contribution is -2.45. The maximum atomic E-state index is 10.3. The molecule has 3 aromatic carbocycles. The Labute approximate surface area is 195 Å². The number of piperidine rings is 1. The third-order valence-electron chi connectivity index (χ3n) is 7.00. The van der Waals surface area contributed by atoms with Crippen molar-refractivity contribution in [3.05, 3.63) is 96.3 Å². The molecule has 1 N–H and O–H groups in total. The van der Waals surface area contributed by atoms with Gasteiger partial charge in [-0.25, -0.2) is 9.97 Å². The summed E-state index contributed by atoms with van der Waals surface area (Å²) in [6.45, 7) is 3.04. The molecule has 0 radical (unpaired) electrons. The van der Waals surface area contributed by atoms with Crippen LogP contribution >= 0.6 is 0 Å². The SMILES string of the molecule is OC[C@]1(CCc2ccccc2)CCCN(Cc2cnc(-c3cccc4ccccc34)nc2)C1. The van der Waals surface area contributed by atoms with Gasteiger partial charge in [-0.1, -0.05) is 72.8 Å². The third-order valence-corrected chi connectivity index (χ3v) is 7.00. The Kier molecular flexibility index (Phi) is 6.47. The molecule has 0 spiro atoms. The van der Waals surface area contributed by atoms with Crippen LogP contribution in [0.2, 0.25) is 0 Å². The lowest BCUT2D eigenvalue weighted by atomic mass is 9.76. The van der Waals surface area contributed by atoms with Gasteiger partial charge in [0.1, 0.15) is 0 Å². The summed E-state index contributed by atoms with van der Waals surface area (Å²) in [5, 5.41) is 12.7. The van der Waals surface area contributed by atoms with E-state index >= 15 is 0 Å². The number of aliphatic hydroxyl groups excluding tert-OH is 1. The van der Waals surface area contributed by atoms with Gasteiger partial charge in [0, 0.05) is 48.6 Å². The zero-order chi connectivity index (χ0) is 22.5. The Morgan fingerprint density at radius 2 is 1.61 bits per heavy atom. The monoisotopic (exact) mass is 437 g/mol. The summed E-state index contributed by atoms with van der Waals surface area (Å²) in [4.78, 5) is 11.9. The van der Waals surface area contributed by atoms with Gasteiger partial charge in [-0.05, 0) is 48.6 Å². The van der Waals surface area contributed by atoms with Gasteiger partial charge in [0.05, 0.1) is 0 Å². The second-order valence-electron chi connectivity index (χ2n) is 9.40. The largest absolute Gasteiger partial charge is 0.396 e. The molecule has 168 valence electrons. The van der Waals surface area contributed by atoms with E-state index in [1.165, 1.54) is 16.3 Å². The van der Waals surface area contributed by atoms with Crippen molar-refractivity contribution >= 4 is 10.8 Å². The highest BCUT2D eigenvalue weighted by molar-refractivity contribution is 5.94. The fourth-order valence-corrected chi connectivity index (χ4v) is 5.17. The molecule has 0 bridgehead atoms. The van der Waals surface area contributed by atoms with E-state index in [1.54, 1.807) is 0 Å². The highest BCUT2D eigenvalue weighted by Crippen LogP contribution is 2.35. The molecule has 0 unspecified atom stereocenters. The summed E-state index contributed by atoms with van der Waals surface area (Å²) < 4.78 is 0. The molecular formula is C29H31N3O. The molecular weight excluding hydrogens is 406 g/mol. The van der Waals surface area contributed by atoms with Gasteiger partial charge in [0.25, 0.3) is 0 Å². The Balaban J connectivity index is 1.27. The van der Waals surface area contributed by atoms with Crippen LogP contribution < -0.4 is 0 Å². The molecule has 4 nitrogen and oxygen atoms in total. The minimum atomic E-state index is -0.0299. The third kappa shape index (κ3) is 4.97. The van der Waals surface area contributed by atoms with Gasteiger partial charge in [-0.2, -0.15) is 0 Å². The van der Waals surface area contributed by atoms with Crippen LogP contribution in [0.5, 0.6) is 0 Å². The van der Waals surface area contributed by atoms with Gasteiger partial charge >= 0.3 is 0 Å². The first-order chi connectivity index (χ1) is 16.2. The van der Waals surface area contributed by atoms with Crippen molar-refractivity contribution in [1.82, 2.24) is 14.9 Å². The number of fused-ring (bicyclic) bond motifs is 1. The number of likely N-dealkylation sites (tertiary alicyclic amines) is 1. The number of benzene rings is 3. The van der Waals surface area contributed by atoms with Crippen LogP contribution in [0.3, 0.4) is 0 Å². The average Bonchev–Trinajstić information content (AvgIpc) is 2.88. The minimum absolute atomic E-state index is 0.0299. The van der Waals surface area contributed by atoms with E-state index in [-0.39, 0.29) is 12.0 Å².